The fourth-order valence-electron chi connectivity index (χ4n) is 2.85. The number of carbonyl (C=O) groups is 1. The maximum Gasteiger partial charge on any atom is 0.266 e. The second-order valence-corrected chi connectivity index (χ2v) is 8.54. The molecule has 0 unspecified atom stereocenters. The lowest BCUT2D eigenvalue weighted by Crippen LogP contribution is -2.13. The Bertz CT molecular complexity index is 1180. The highest BCUT2D eigenvalue weighted by atomic mass is 127. The van der Waals surface area contributed by atoms with Crippen LogP contribution in [0.25, 0.3) is 6.08 Å². The molecule has 1 amide bonds. The summed E-state index contributed by atoms with van der Waals surface area (Å²) in [5, 5.41) is 12.9. The molecule has 5 nitrogen and oxygen atoms in total. The number of hydrogen-bond acceptors (Lipinski definition) is 4. The molecule has 0 atom stereocenters. The van der Waals surface area contributed by atoms with Crippen molar-refractivity contribution < 1.29 is 14.3 Å². The molecular weight excluding hydrogens is 539 g/mol. The average molecular weight is 559 g/mol. The molecule has 3 aromatic carbocycles. The van der Waals surface area contributed by atoms with Gasteiger partial charge in [-0.1, -0.05) is 41.4 Å². The zero-order valence-electron chi connectivity index (χ0n) is 17.5. The van der Waals surface area contributed by atoms with Crippen molar-refractivity contribution in [3.05, 3.63) is 91.5 Å². The number of nitrogens with one attached hydrogen (secondary N) is 1. The zero-order chi connectivity index (χ0) is 23.1. The van der Waals surface area contributed by atoms with E-state index in [9.17, 15) is 10.1 Å². The van der Waals surface area contributed by atoms with Crippen molar-refractivity contribution in [2.75, 3.05) is 12.4 Å². The highest BCUT2D eigenvalue weighted by Crippen LogP contribution is 2.35. The smallest absolute Gasteiger partial charge is 0.266 e. The van der Waals surface area contributed by atoms with Crippen molar-refractivity contribution in [3.8, 4) is 17.6 Å². The molecule has 0 aliphatic heterocycles. The first-order chi connectivity index (χ1) is 15.4. The van der Waals surface area contributed by atoms with E-state index in [1.165, 1.54) is 6.08 Å². The van der Waals surface area contributed by atoms with Gasteiger partial charge in [0.05, 0.1) is 10.7 Å². The van der Waals surface area contributed by atoms with Crippen molar-refractivity contribution in [3.63, 3.8) is 0 Å². The topological polar surface area (TPSA) is 71.3 Å². The van der Waals surface area contributed by atoms with E-state index >= 15 is 0 Å². The monoisotopic (exact) mass is 558 g/mol. The highest BCUT2D eigenvalue weighted by molar-refractivity contribution is 14.1. The van der Waals surface area contributed by atoms with Gasteiger partial charge < -0.3 is 14.8 Å². The van der Waals surface area contributed by atoms with E-state index in [-0.39, 0.29) is 5.57 Å². The minimum atomic E-state index is -0.478. The molecule has 0 bridgehead atoms. The number of aryl methyl sites for hydroxylation is 1. The number of halogens is 2. The van der Waals surface area contributed by atoms with Crippen molar-refractivity contribution in [2.45, 2.75) is 13.5 Å². The van der Waals surface area contributed by atoms with Gasteiger partial charge in [-0.25, -0.2) is 0 Å². The van der Waals surface area contributed by atoms with E-state index in [4.69, 9.17) is 21.1 Å². The van der Waals surface area contributed by atoms with Crippen LogP contribution in [0.2, 0.25) is 5.02 Å². The van der Waals surface area contributed by atoms with E-state index < -0.39 is 5.91 Å². The SMILES string of the molecule is COc1cc(/C=C(/C#N)C(=O)Nc2ccc(C)cc2)cc(I)c1OCc1ccc(Cl)cc1. The summed E-state index contributed by atoms with van der Waals surface area (Å²) >= 11 is 8.07. The van der Waals surface area contributed by atoms with Crippen LogP contribution in [0.3, 0.4) is 0 Å². The number of ether oxygens (including phenoxy) is 2. The molecular formula is C25H20ClIN2O3. The average Bonchev–Trinajstić information content (AvgIpc) is 2.79. The van der Waals surface area contributed by atoms with Crippen LogP contribution in [0.4, 0.5) is 5.69 Å². The quantitative estimate of drug-likeness (QED) is 0.207. The lowest BCUT2D eigenvalue weighted by Gasteiger charge is -2.14. The molecule has 0 saturated carbocycles. The lowest BCUT2D eigenvalue weighted by atomic mass is 10.1. The number of anilines is 1. The standard InChI is InChI=1S/C25H20ClIN2O3/c1-16-3-9-21(10-4-16)29-25(30)19(14-28)11-18-12-22(27)24(23(13-18)31-2)32-15-17-5-7-20(26)8-6-17/h3-13H,15H2,1-2H3,(H,29,30)/b19-11-. The summed E-state index contributed by atoms with van der Waals surface area (Å²) in [6.45, 7) is 2.31. The third-order valence-electron chi connectivity index (χ3n) is 4.53. The molecule has 0 radical (unpaired) electrons. The Kier molecular flexibility index (Phi) is 8.14. The molecule has 0 fully saturated rings. The molecule has 3 rings (SSSR count). The van der Waals surface area contributed by atoms with Gasteiger partial charge in [0.2, 0.25) is 0 Å². The van der Waals surface area contributed by atoms with Crippen molar-refractivity contribution in [2.24, 2.45) is 0 Å². The van der Waals surface area contributed by atoms with Crippen LogP contribution in [0.15, 0.2) is 66.2 Å². The predicted molar refractivity (Wildman–Crippen MR) is 135 cm³/mol. The fourth-order valence-corrected chi connectivity index (χ4v) is 3.76. The van der Waals surface area contributed by atoms with Crippen LogP contribution in [-0.4, -0.2) is 13.0 Å². The Morgan fingerprint density at radius 1 is 1.16 bits per heavy atom. The van der Waals surface area contributed by atoms with Gasteiger partial charge in [0, 0.05) is 10.7 Å². The van der Waals surface area contributed by atoms with Crippen LogP contribution >= 0.6 is 34.2 Å². The normalized spacial score (nSPS) is 10.9. The van der Waals surface area contributed by atoms with Gasteiger partial charge in [-0.15, -0.1) is 0 Å². The predicted octanol–water partition coefficient (Wildman–Crippen LogP) is 6.39. The highest BCUT2D eigenvalue weighted by Gasteiger charge is 2.14. The van der Waals surface area contributed by atoms with Crippen LogP contribution in [0.5, 0.6) is 11.5 Å². The number of nitrogens with zero attached hydrogens (tertiary/aromatic N) is 1. The van der Waals surface area contributed by atoms with Crippen LogP contribution in [0.1, 0.15) is 16.7 Å². The summed E-state index contributed by atoms with van der Waals surface area (Å²) in [5.41, 5.74) is 3.31. The minimum Gasteiger partial charge on any atom is -0.493 e. The molecule has 0 heterocycles. The number of amides is 1. The van der Waals surface area contributed by atoms with Gasteiger partial charge in [0.1, 0.15) is 18.2 Å². The van der Waals surface area contributed by atoms with Gasteiger partial charge in [-0.2, -0.15) is 5.26 Å². The first-order valence-corrected chi connectivity index (χ1v) is 11.1. The second-order valence-electron chi connectivity index (χ2n) is 6.94. The lowest BCUT2D eigenvalue weighted by molar-refractivity contribution is -0.112. The first-order valence-electron chi connectivity index (χ1n) is 9.64. The summed E-state index contributed by atoms with van der Waals surface area (Å²) in [7, 11) is 1.55. The summed E-state index contributed by atoms with van der Waals surface area (Å²) < 4.78 is 12.3. The summed E-state index contributed by atoms with van der Waals surface area (Å²) in [6.07, 6.45) is 1.52. The number of hydrogen-bond donors (Lipinski definition) is 1. The van der Waals surface area contributed by atoms with E-state index in [2.05, 4.69) is 27.9 Å². The second kappa shape index (κ2) is 11.0. The summed E-state index contributed by atoms with van der Waals surface area (Å²) in [5.74, 6) is 0.615. The Balaban J connectivity index is 1.80. The largest absolute Gasteiger partial charge is 0.493 e. The molecule has 32 heavy (non-hydrogen) atoms. The fraction of sp³-hybridized carbons (Fsp3) is 0.120. The molecule has 3 aromatic rings. The van der Waals surface area contributed by atoms with Gasteiger partial charge in [0.25, 0.3) is 5.91 Å². The van der Waals surface area contributed by atoms with E-state index in [1.54, 1.807) is 37.4 Å². The van der Waals surface area contributed by atoms with Crippen molar-refractivity contribution in [1.29, 1.82) is 5.26 Å². The first kappa shape index (κ1) is 23.6. The third kappa shape index (κ3) is 6.25. The Morgan fingerprint density at radius 3 is 2.47 bits per heavy atom. The number of benzene rings is 3. The molecule has 7 heteroatoms. The van der Waals surface area contributed by atoms with Gasteiger partial charge in [-0.05, 0) is 83.1 Å². The van der Waals surface area contributed by atoms with E-state index in [0.29, 0.717) is 34.4 Å². The Morgan fingerprint density at radius 2 is 1.84 bits per heavy atom. The van der Waals surface area contributed by atoms with Gasteiger partial charge in [0.15, 0.2) is 11.5 Å². The molecule has 0 aromatic heterocycles. The number of methoxy groups -OCH3 is 1. The number of nitriles is 1. The summed E-state index contributed by atoms with van der Waals surface area (Å²) in [6, 6.07) is 20.3. The zero-order valence-corrected chi connectivity index (χ0v) is 20.4. The Hall–Kier alpha value is -3.02. The van der Waals surface area contributed by atoms with Crippen LogP contribution in [-0.2, 0) is 11.4 Å². The van der Waals surface area contributed by atoms with Crippen LogP contribution < -0.4 is 14.8 Å². The maximum atomic E-state index is 12.6. The Labute approximate surface area is 205 Å². The molecule has 0 aliphatic carbocycles. The van der Waals surface area contributed by atoms with E-state index in [1.807, 2.05) is 43.3 Å². The summed E-state index contributed by atoms with van der Waals surface area (Å²) in [4.78, 5) is 12.6. The molecule has 0 aliphatic rings. The third-order valence-corrected chi connectivity index (χ3v) is 5.59. The van der Waals surface area contributed by atoms with Crippen molar-refractivity contribution >= 4 is 51.9 Å². The number of rotatable bonds is 7. The minimum absolute atomic E-state index is 0.0155. The molecule has 0 saturated heterocycles. The maximum absolute atomic E-state index is 12.6. The van der Waals surface area contributed by atoms with Crippen LogP contribution in [0, 0.1) is 21.8 Å². The van der Waals surface area contributed by atoms with Gasteiger partial charge >= 0.3 is 0 Å². The molecule has 162 valence electrons. The number of carbonyl (C=O) groups excluding carboxylic acids is 1. The van der Waals surface area contributed by atoms with Crippen molar-refractivity contribution in [1.82, 2.24) is 0 Å². The van der Waals surface area contributed by atoms with Gasteiger partial charge in [-0.3, -0.25) is 4.79 Å². The molecule has 1 N–H and O–H groups in total. The molecule has 0 spiro atoms. The van der Waals surface area contributed by atoms with E-state index in [0.717, 1.165) is 14.7 Å².